The van der Waals surface area contributed by atoms with E-state index in [9.17, 15) is 0 Å². The monoisotopic (exact) mass is 176 g/mol. The van der Waals surface area contributed by atoms with E-state index in [1.165, 1.54) is 0 Å². The molecule has 0 aliphatic carbocycles. The lowest BCUT2D eigenvalue weighted by atomic mass is 10.2. The van der Waals surface area contributed by atoms with Gasteiger partial charge in [0.05, 0.1) is 0 Å². The quantitative estimate of drug-likeness (QED) is 0.613. The fourth-order valence-corrected chi connectivity index (χ4v) is 2.41. The summed E-state index contributed by atoms with van der Waals surface area (Å²) in [6.45, 7) is 10.5. The molecular weight excluding hydrogens is 156 g/mol. The average molecular weight is 176 g/mol. The van der Waals surface area contributed by atoms with Crippen LogP contribution in [0, 0.1) is 0 Å². The van der Waals surface area contributed by atoms with E-state index >= 15 is 0 Å². The van der Waals surface area contributed by atoms with Crippen molar-refractivity contribution >= 4 is 9.28 Å². The molecule has 0 aliphatic heterocycles. The van der Waals surface area contributed by atoms with Gasteiger partial charge in [0.25, 0.3) is 0 Å². The average Bonchev–Trinajstić information content (AvgIpc) is 1.80. The molecule has 0 rings (SSSR count). The van der Waals surface area contributed by atoms with Gasteiger partial charge in [0.15, 0.2) is 0 Å². The molecule has 0 aromatic heterocycles. The van der Waals surface area contributed by atoms with Gasteiger partial charge in [-0.05, 0) is 26.3 Å². The van der Waals surface area contributed by atoms with Crippen molar-refractivity contribution in [2.45, 2.75) is 45.8 Å². The topological polar surface area (TPSA) is 18.5 Å². The first-order valence-corrected chi connectivity index (χ1v) is 5.68. The van der Waals surface area contributed by atoms with Crippen molar-refractivity contribution in [3.8, 4) is 0 Å². The highest BCUT2D eigenvalue weighted by Gasteiger charge is 2.23. The van der Waals surface area contributed by atoms with Gasteiger partial charge >= 0.3 is 9.28 Å². The largest absolute Gasteiger partial charge is 0.400 e. The summed E-state index contributed by atoms with van der Waals surface area (Å²) in [6, 6.07) is 0. The van der Waals surface area contributed by atoms with E-state index < -0.39 is 9.28 Å². The summed E-state index contributed by atoms with van der Waals surface area (Å²) in [7, 11) is 0.327. The molecule has 0 aromatic carbocycles. The number of hydrogen-bond acceptors (Lipinski definition) is 2. The highest BCUT2D eigenvalue weighted by molar-refractivity contribution is 6.46. The maximum absolute atomic E-state index is 5.77. The molecule has 0 saturated heterocycles. The summed E-state index contributed by atoms with van der Waals surface area (Å²) >= 11 is 0. The van der Waals surface area contributed by atoms with Gasteiger partial charge in [0, 0.05) is 12.7 Å². The van der Waals surface area contributed by atoms with E-state index in [-0.39, 0.29) is 5.60 Å². The zero-order valence-corrected chi connectivity index (χ0v) is 9.63. The SMILES string of the molecule is CO[SiH](OC(C)(C)C)C(C)C. The Morgan fingerprint density at radius 2 is 1.64 bits per heavy atom. The molecule has 0 N–H and O–H groups in total. The lowest BCUT2D eigenvalue weighted by molar-refractivity contribution is 0.0880. The van der Waals surface area contributed by atoms with Crippen molar-refractivity contribution in [2.24, 2.45) is 0 Å². The van der Waals surface area contributed by atoms with Crippen LogP contribution in [-0.2, 0) is 8.85 Å². The molecule has 0 saturated carbocycles. The zero-order chi connectivity index (χ0) is 9.07. The van der Waals surface area contributed by atoms with Crippen molar-refractivity contribution < 1.29 is 8.85 Å². The minimum absolute atomic E-state index is 0.0584. The molecule has 0 amide bonds. The van der Waals surface area contributed by atoms with Gasteiger partial charge in [-0.25, -0.2) is 0 Å². The van der Waals surface area contributed by atoms with Crippen LogP contribution in [-0.4, -0.2) is 22.0 Å². The highest BCUT2D eigenvalue weighted by atomic mass is 28.3. The first-order valence-electron chi connectivity index (χ1n) is 4.07. The minimum Gasteiger partial charge on any atom is -0.400 e. The minimum atomic E-state index is -1.41. The van der Waals surface area contributed by atoms with E-state index in [0.29, 0.717) is 5.54 Å². The molecule has 0 aliphatic rings. The fraction of sp³-hybridized carbons (Fsp3) is 1.00. The van der Waals surface area contributed by atoms with Gasteiger partial charge in [0.2, 0.25) is 0 Å². The molecule has 1 unspecified atom stereocenters. The van der Waals surface area contributed by atoms with E-state index in [1.807, 2.05) is 0 Å². The normalized spacial score (nSPS) is 15.5. The maximum Gasteiger partial charge on any atom is 0.324 e. The lowest BCUT2D eigenvalue weighted by Crippen LogP contribution is -2.34. The van der Waals surface area contributed by atoms with Gasteiger partial charge in [-0.3, -0.25) is 0 Å². The second-order valence-electron chi connectivity index (χ2n) is 4.08. The fourth-order valence-electron chi connectivity index (χ4n) is 0.805. The first kappa shape index (κ1) is 11.1. The summed E-state index contributed by atoms with van der Waals surface area (Å²) in [6.07, 6.45) is 0. The second kappa shape index (κ2) is 4.23. The van der Waals surface area contributed by atoms with Crippen LogP contribution >= 0.6 is 0 Å². The van der Waals surface area contributed by atoms with Gasteiger partial charge < -0.3 is 8.85 Å². The predicted molar refractivity (Wildman–Crippen MR) is 50.1 cm³/mol. The molecule has 1 atom stereocenters. The van der Waals surface area contributed by atoms with Gasteiger partial charge in [0.1, 0.15) is 0 Å². The zero-order valence-electron chi connectivity index (χ0n) is 8.47. The Morgan fingerprint density at radius 3 is 1.73 bits per heavy atom. The smallest absolute Gasteiger partial charge is 0.324 e. The van der Waals surface area contributed by atoms with Crippen LogP contribution in [0.4, 0.5) is 0 Å². The van der Waals surface area contributed by atoms with Crippen LogP contribution in [0.15, 0.2) is 0 Å². The predicted octanol–water partition coefficient (Wildman–Crippen LogP) is 2.08. The van der Waals surface area contributed by atoms with Crippen LogP contribution in [0.25, 0.3) is 0 Å². The van der Waals surface area contributed by atoms with E-state index in [4.69, 9.17) is 8.85 Å². The molecular formula is C8H20O2Si. The van der Waals surface area contributed by atoms with E-state index in [0.717, 1.165) is 0 Å². The van der Waals surface area contributed by atoms with Crippen molar-refractivity contribution in [3.63, 3.8) is 0 Å². The van der Waals surface area contributed by atoms with Crippen LogP contribution in [0.2, 0.25) is 5.54 Å². The molecule has 0 aromatic rings. The van der Waals surface area contributed by atoms with Crippen LogP contribution in [0.5, 0.6) is 0 Å². The third-order valence-electron chi connectivity index (χ3n) is 1.25. The molecule has 0 spiro atoms. The molecule has 0 fully saturated rings. The molecule has 11 heavy (non-hydrogen) atoms. The van der Waals surface area contributed by atoms with Gasteiger partial charge in [-0.15, -0.1) is 0 Å². The molecule has 0 heterocycles. The third kappa shape index (κ3) is 5.41. The summed E-state index contributed by atoms with van der Waals surface area (Å²) in [5.41, 5.74) is 0.483. The Bertz CT molecular complexity index is 107. The molecule has 0 radical (unpaired) electrons. The van der Waals surface area contributed by atoms with Crippen molar-refractivity contribution in [1.29, 1.82) is 0 Å². The Balaban J connectivity index is 3.88. The van der Waals surface area contributed by atoms with Crippen LogP contribution in [0.1, 0.15) is 34.6 Å². The van der Waals surface area contributed by atoms with E-state index in [1.54, 1.807) is 7.11 Å². The number of rotatable bonds is 3. The Hall–Kier alpha value is 0.137. The van der Waals surface area contributed by atoms with Gasteiger partial charge in [-0.2, -0.15) is 0 Å². The Morgan fingerprint density at radius 1 is 1.18 bits per heavy atom. The van der Waals surface area contributed by atoms with Crippen LogP contribution < -0.4 is 0 Å². The van der Waals surface area contributed by atoms with Crippen molar-refractivity contribution in [1.82, 2.24) is 0 Å². The molecule has 68 valence electrons. The third-order valence-corrected chi connectivity index (χ3v) is 3.74. The summed E-state index contributed by atoms with van der Waals surface area (Å²) in [5.74, 6) is 0. The van der Waals surface area contributed by atoms with Crippen molar-refractivity contribution in [2.75, 3.05) is 7.11 Å². The summed E-state index contributed by atoms with van der Waals surface area (Å²) in [4.78, 5) is 0. The van der Waals surface area contributed by atoms with E-state index in [2.05, 4.69) is 34.6 Å². The van der Waals surface area contributed by atoms with Crippen molar-refractivity contribution in [3.05, 3.63) is 0 Å². The first-order chi connectivity index (χ1) is 4.87. The molecule has 2 nitrogen and oxygen atoms in total. The Labute approximate surface area is 71.7 Å². The Kier molecular flexibility index (Phi) is 4.29. The molecule has 3 heteroatoms. The van der Waals surface area contributed by atoms with Gasteiger partial charge in [-0.1, -0.05) is 13.8 Å². The maximum atomic E-state index is 5.77. The second-order valence-corrected chi connectivity index (χ2v) is 6.86. The molecule has 0 bridgehead atoms. The lowest BCUT2D eigenvalue weighted by Gasteiger charge is -2.27. The standard InChI is InChI=1S/C8H20O2Si/c1-7(2)11(9-6)10-8(3,4)5/h7,11H,1-6H3. The summed E-state index contributed by atoms with van der Waals surface area (Å²) < 4.78 is 11.1. The van der Waals surface area contributed by atoms with Crippen LogP contribution in [0.3, 0.4) is 0 Å². The number of hydrogen-bond donors (Lipinski definition) is 0. The summed E-state index contributed by atoms with van der Waals surface area (Å²) in [5, 5.41) is 0. The highest BCUT2D eigenvalue weighted by Crippen LogP contribution is 2.16.